The summed E-state index contributed by atoms with van der Waals surface area (Å²) in [7, 11) is 0. The summed E-state index contributed by atoms with van der Waals surface area (Å²) in [5.74, 6) is 1.88. The molecule has 146 valence electrons. The fourth-order valence-electron chi connectivity index (χ4n) is 4.09. The largest absolute Gasteiger partial charge is 0.489 e. The van der Waals surface area contributed by atoms with Crippen molar-refractivity contribution in [3.05, 3.63) is 78.0 Å². The number of pyridine rings is 1. The third kappa shape index (κ3) is 3.56. The van der Waals surface area contributed by atoms with Gasteiger partial charge >= 0.3 is 0 Å². The molecule has 2 heterocycles. The molecule has 29 heavy (non-hydrogen) atoms. The molecule has 0 atom stereocenters. The summed E-state index contributed by atoms with van der Waals surface area (Å²) < 4.78 is 7.73. The fraction of sp³-hybridized carbons (Fsp3) is 0.250. The molecule has 5 rings (SSSR count). The van der Waals surface area contributed by atoms with Crippen molar-refractivity contribution in [3.8, 4) is 11.4 Å². The van der Waals surface area contributed by atoms with Crippen LogP contribution in [0.4, 0.5) is 5.82 Å². The summed E-state index contributed by atoms with van der Waals surface area (Å²) >= 11 is 0. The molecule has 0 amide bonds. The van der Waals surface area contributed by atoms with E-state index in [1.807, 2.05) is 47.1 Å². The van der Waals surface area contributed by atoms with E-state index in [1.54, 1.807) is 0 Å². The van der Waals surface area contributed by atoms with Crippen LogP contribution in [-0.2, 0) is 6.61 Å². The van der Waals surface area contributed by atoms with Crippen LogP contribution in [0.15, 0.2) is 66.7 Å². The maximum absolute atomic E-state index is 6.16. The molecule has 2 N–H and O–H groups in total. The van der Waals surface area contributed by atoms with Gasteiger partial charge in [0.15, 0.2) is 11.5 Å². The Hall–Kier alpha value is -3.34. The first-order valence-corrected chi connectivity index (χ1v) is 10.2. The molecule has 0 aliphatic heterocycles. The Bertz CT molecular complexity index is 1110. The molecule has 0 bridgehead atoms. The van der Waals surface area contributed by atoms with Gasteiger partial charge in [-0.15, -0.1) is 5.10 Å². The number of rotatable bonds is 5. The molecule has 0 saturated heterocycles. The number of benzene rings is 2. The van der Waals surface area contributed by atoms with Gasteiger partial charge in [0.05, 0.1) is 11.1 Å². The molecular weight excluding hydrogens is 360 g/mol. The third-order valence-electron chi connectivity index (χ3n) is 5.68. The van der Waals surface area contributed by atoms with Crippen LogP contribution in [0.25, 0.3) is 16.7 Å². The minimum absolute atomic E-state index is 0.509. The molecule has 2 aromatic carbocycles. The lowest BCUT2D eigenvalue weighted by atomic mass is 10.0. The van der Waals surface area contributed by atoms with E-state index in [9.17, 15) is 0 Å². The normalized spacial score (nSPS) is 14.5. The summed E-state index contributed by atoms with van der Waals surface area (Å²) in [4.78, 5) is 4.94. The number of nitrogens with zero attached hydrogens (tertiary/aromatic N) is 3. The Kier molecular flexibility index (Phi) is 4.64. The van der Waals surface area contributed by atoms with E-state index in [0.717, 1.165) is 33.7 Å². The highest BCUT2D eigenvalue weighted by molar-refractivity contribution is 5.87. The van der Waals surface area contributed by atoms with Crippen LogP contribution in [0.2, 0.25) is 0 Å². The van der Waals surface area contributed by atoms with Gasteiger partial charge in [0.2, 0.25) is 0 Å². The number of fused-ring (bicyclic) bond motifs is 1. The maximum atomic E-state index is 6.16. The van der Waals surface area contributed by atoms with E-state index in [4.69, 9.17) is 15.5 Å². The van der Waals surface area contributed by atoms with Gasteiger partial charge in [-0.1, -0.05) is 43.2 Å². The van der Waals surface area contributed by atoms with E-state index >= 15 is 0 Å². The molecule has 1 aliphatic carbocycles. The highest BCUT2D eigenvalue weighted by atomic mass is 16.5. The Morgan fingerprint density at radius 1 is 0.931 bits per heavy atom. The average molecular weight is 384 g/mol. The lowest BCUT2D eigenvalue weighted by molar-refractivity contribution is 0.306. The van der Waals surface area contributed by atoms with Crippen LogP contribution in [-0.4, -0.2) is 14.8 Å². The van der Waals surface area contributed by atoms with Gasteiger partial charge in [0, 0.05) is 11.6 Å². The number of anilines is 1. The van der Waals surface area contributed by atoms with Gasteiger partial charge in [-0.05, 0) is 54.8 Å². The van der Waals surface area contributed by atoms with Gasteiger partial charge < -0.3 is 10.5 Å². The van der Waals surface area contributed by atoms with E-state index in [0.29, 0.717) is 18.3 Å². The number of ether oxygens (including phenoxy) is 1. The molecule has 1 saturated carbocycles. The zero-order valence-corrected chi connectivity index (χ0v) is 16.3. The van der Waals surface area contributed by atoms with Crippen molar-refractivity contribution >= 4 is 16.9 Å². The van der Waals surface area contributed by atoms with E-state index in [1.165, 1.54) is 25.7 Å². The minimum Gasteiger partial charge on any atom is -0.489 e. The quantitative estimate of drug-likeness (QED) is 0.511. The lowest BCUT2D eigenvalue weighted by Gasteiger charge is -2.10. The topological polar surface area (TPSA) is 66.0 Å². The van der Waals surface area contributed by atoms with Gasteiger partial charge in [0.25, 0.3) is 0 Å². The van der Waals surface area contributed by atoms with E-state index < -0.39 is 0 Å². The monoisotopic (exact) mass is 384 g/mol. The molecular formula is C24H24N4O. The second-order valence-electron chi connectivity index (χ2n) is 7.65. The molecule has 0 radical (unpaired) electrons. The van der Waals surface area contributed by atoms with E-state index in [-0.39, 0.29) is 0 Å². The molecule has 1 aliphatic rings. The van der Waals surface area contributed by atoms with Crippen LogP contribution in [0, 0.1) is 0 Å². The molecule has 0 unspecified atom stereocenters. The second-order valence-corrected chi connectivity index (χ2v) is 7.65. The van der Waals surface area contributed by atoms with Crippen molar-refractivity contribution in [3.63, 3.8) is 0 Å². The smallest absolute Gasteiger partial charge is 0.165 e. The molecule has 0 spiro atoms. The highest BCUT2D eigenvalue weighted by Crippen LogP contribution is 2.34. The molecule has 2 aromatic heterocycles. The van der Waals surface area contributed by atoms with Gasteiger partial charge in [-0.25, -0.2) is 9.67 Å². The van der Waals surface area contributed by atoms with Crippen molar-refractivity contribution < 1.29 is 4.74 Å². The first kappa shape index (κ1) is 17.7. The van der Waals surface area contributed by atoms with Crippen LogP contribution in [0.5, 0.6) is 5.75 Å². The molecule has 5 nitrogen and oxygen atoms in total. The summed E-state index contributed by atoms with van der Waals surface area (Å²) in [6, 6.07) is 22.2. The second kappa shape index (κ2) is 7.59. The van der Waals surface area contributed by atoms with E-state index in [2.05, 4.69) is 29.4 Å². The number of hydrogen-bond acceptors (Lipinski definition) is 4. The predicted octanol–water partition coefficient (Wildman–Crippen LogP) is 5.24. The molecule has 5 heteroatoms. The Labute approximate surface area is 170 Å². The molecule has 1 fully saturated rings. The molecule has 4 aromatic rings. The number of hydrogen-bond donors (Lipinski definition) is 1. The summed E-state index contributed by atoms with van der Waals surface area (Å²) in [6.45, 7) is 0.546. The number of nitrogen functional groups attached to an aromatic ring is 1. The number of nitrogens with two attached hydrogens (primary N) is 1. The lowest BCUT2D eigenvalue weighted by Crippen LogP contribution is -2.02. The minimum atomic E-state index is 0.509. The average Bonchev–Trinajstić information content (AvgIpc) is 3.42. The van der Waals surface area contributed by atoms with Crippen LogP contribution in [0.1, 0.15) is 42.9 Å². The summed E-state index contributed by atoms with van der Waals surface area (Å²) in [5, 5.41) is 5.44. The van der Waals surface area contributed by atoms with Crippen molar-refractivity contribution in [2.24, 2.45) is 0 Å². The maximum Gasteiger partial charge on any atom is 0.165 e. The zero-order chi connectivity index (χ0) is 19.6. The Balaban J connectivity index is 1.41. The standard InChI is InChI=1S/C24H24N4O/c25-23-21-14-15-22(18-8-4-5-9-18)26-24(21)28(27-23)19-10-12-20(13-11-19)29-16-17-6-2-1-3-7-17/h1-3,6-7,10-15,18H,4-5,8-9,16H2,(H2,25,27). The fourth-order valence-corrected chi connectivity index (χ4v) is 4.09. The zero-order valence-electron chi connectivity index (χ0n) is 16.3. The van der Waals surface area contributed by atoms with Crippen molar-refractivity contribution in [2.75, 3.05) is 5.73 Å². The van der Waals surface area contributed by atoms with Crippen molar-refractivity contribution in [2.45, 2.75) is 38.2 Å². The number of aromatic nitrogens is 3. The summed E-state index contributed by atoms with van der Waals surface area (Å²) in [6.07, 6.45) is 5.01. The Morgan fingerprint density at radius 2 is 1.69 bits per heavy atom. The Morgan fingerprint density at radius 3 is 2.45 bits per heavy atom. The van der Waals surface area contributed by atoms with Gasteiger partial charge in [0.1, 0.15) is 12.4 Å². The van der Waals surface area contributed by atoms with Gasteiger partial charge in [-0.2, -0.15) is 0 Å². The SMILES string of the molecule is Nc1nn(-c2ccc(OCc3ccccc3)cc2)c2nc(C3CCCC3)ccc12. The van der Waals surface area contributed by atoms with Crippen LogP contribution >= 0.6 is 0 Å². The third-order valence-corrected chi connectivity index (χ3v) is 5.68. The van der Waals surface area contributed by atoms with Crippen LogP contribution in [0.3, 0.4) is 0 Å². The van der Waals surface area contributed by atoms with Gasteiger partial charge in [-0.3, -0.25) is 0 Å². The van der Waals surface area contributed by atoms with Crippen molar-refractivity contribution in [1.29, 1.82) is 0 Å². The highest BCUT2D eigenvalue weighted by Gasteiger charge is 2.20. The predicted molar refractivity (Wildman–Crippen MR) is 115 cm³/mol. The van der Waals surface area contributed by atoms with Crippen molar-refractivity contribution in [1.82, 2.24) is 14.8 Å². The first-order valence-electron chi connectivity index (χ1n) is 10.2. The summed E-state index contributed by atoms with van der Waals surface area (Å²) in [5.41, 5.74) is 10.2. The van der Waals surface area contributed by atoms with Crippen LogP contribution < -0.4 is 10.5 Å². The first-order chi connectivity index (χ1) is 14.3.